The Morgan fingerprint density at radius 1 is 0.935 bits per heavy atom. The van der Waals surface area contributed by atoms with Crippen LogP contribution in [0.4, 0.5) is 0 Å². The predicted molar refractivity (Wildman–Crippen MR) is 116 cm³/mol. The summed E-state index contributed by atoms with van der Waals surface area (Å²) >= 11 is 0. The minimum absolute atomic E-state index is 0.0569. The summed E-state index contributed by atoms with van der Waals surface area (Å²) in [6.07, 6.45) is 0. The van der Waals surface area contributed by atoms with Crippen molar-refractivity contribution in [2.75, 3.05) is 26.2 Å². The van der Waals surface area contributed by atoms with Gasteiger partial charge < -0.3 is 14.1 Å². The van der Waals surface area contributed by atoms with E-state index >= 15 is 0 Å². The van der Waals surface area contributed by atoms with Gasteiger partial charge in [-0.15, -0.1) is 0 Å². The van der Waals surface area contributed by atoms with E-state index in [9.17, 15) is 14.4 Å². The second-order valence-electron chi connectivity index (χ2n) is 7.82. The summed E-state index contributed by atoms with van der Waals surface area (Å²) in [5, 5.41) is 0.656. The SMILES string of the molecule is CC(C)N1CCN(C(=O)c2ccc(C(=O)Oc3cc4ccccc4oc3=O)cc2)CC1. The molecule has 1 aromatic heterocycles. The number of hydrogen-bond acceptors (Lipinski definition) is 6. The van der Waals surface area contributed by atoms with Crippen LogP contribution in [0.25, 0.3) is 11.0 Å². The maximum atomic E-state index is 12.8. The number of rotatable bonds is 4. The van der Waals surface area contributed by atoms with Gasteiger partial charge in [-0.25, -0.2) is 9.59 Å². The lowest BCUT2D eigenvalue weighted by Crippen LogP contribution is -2.50. The molecule has 0 bridgehead atoms. The summed E-state index contributed by atoms with van der Waals surface area (Å²) < 4.78 is 10.4. The largest absolute Gasteiger partial charge is 0.420 e. The van der Waals surface area contributed by atoms with E-state index in [0.717, 1.165) is 13.1 Å². The lowest BCUT2D eigenvalue weighted by Gasteiger charge is -2.37. The monoisotopic (exact) mass is 420 g/mol. The average molecular weight is 420 g/mol. The molecule has 1 aliphatic heterocycles. The third-order valence-corrected chi connectivity index (χ3v) is 5.51. The van der Waals surface area contributed by atoms with Gasteiger partial charge in [0.2, 0.25) is 5.75 Å². The zero-order valence-corrected chi connectivity index (χ0v) is 17.5. The minimum atomic E-state index is -0.723. The molecule has 0 aliphatic carbocycles. The van der Waals surface area contributed by atoms with E-state index in [2.05, 4.69) is 18.7 Å². The van der Waals surface area contributed by atoms with Crippen molar-refractivity contribution in [2.45, 2.75) is 19.9 Å². The molecule has 4 rings (SSSR count). The predicted octanol–water partition coefficient (Wildman–Crippen LogP) is 3.18. The Labute approximate surface area is 179 Å². The first-order valence-electron chi connectivity index (χ1n) is 10.3. The molecule has 0 unspecified atom stereocenters. The Hall–Kier alpha value is -3.45. The van der Waals surface area contributed by atoms with Crippen molar-refractivity contribution < 1.29 is 18.7 Å². The van der Waals surface area contributed by atoms with Gasteiger partial charge >= 0.3 is 11.6 Å². The van der Waals surface area contributed by atoms with Crippen LogP contribution in [-0.4, -0.2) is 53.9 Å². The third-order valence-electron chi connectivity index (χ3n) is 5.51. The van der Waals surface area contributed by atoms with Gasteiger partial charge in [-0.05, 0) is 50.2 Å². The Balaban J connectivity index is 1.43. The van der Waals surface area contributed by atoms with E-state index < -0.39 is 11.6 Å². The molecule has 31 heavy (non-hydrogen) atoms. The van der Waals surface area contributed by atoms with Crippen molar-refractivity contribution in [1.82, 2.24) is 9.80 Å². The molecule has 2 aromatic carbocycles. The fourth-order valence-corrected chi connectivity index (χ4v) is 3.65. The molecular formula is C24H24N2O5. The number of hydrogen-bond donors (Lipinski definition) is 0. The van der Waals surface area contributed by atoms with E-state index in [0.29, 0.717) is 35.7 Å². The Morgan fingerprint density at radius 3 is 2.26 bits per heavy atom. The first-order chi connectivity index (χ1) is 14.9. The van der Waals surface area contributed by atoms with Gasteiger partial charge in [0.15, 0.2) is 0 Å². The summed E-state index contributed by atoms with van der Waals surface area (Å²) in [5.74, 6) is -0.919. The van der Waals surface area contributed by atoms with Gasteiger partial charge in [0.05, 0.1) is 5.56 Å². The molecule has 0 atom stereocenters. The molecule has 7 nitrogen and oxygen atoms in total. The fraction of sp³-hybridized carbons (Fsp3) is 0.292. The van der Waals surface area contributed by atoms with Crippen molar-refractivity contribution in [3.05, 3.63) is 76.1 Å². The van der Waals surface area contributed by atoms with E-state index in [4.69, 9.17) is 9.15 Å². The van der Waals surface area contributed by atoms with Crippen molar-refractivity contribution in [3.8, 4) is 5.75 Å². The number of benzene rings is 2. The van der Waals surface area contributed by atoms with E-state index in [1.54, 1.807) is 36.4 Å². The Bertz CT molecular complexity index is 1160. The average Bonchev–Trinajstić information content (AvgIpc) is 2.79. The topological polar surface area (TPSA) is 80.1 Å². The number of nitrogens with zero attached hydrogens (tertiary/aromatic N) is 2. The fourth-order valence-electron chi connectivity index (χ4n) is 3.65. The Kier molecular flexibility index (Phi) is 5.86. The van der Waals surface area contributed by atoms with E-state index in [1.165, 1.54) is 18.2 Å². The number of ether oxygens (including phenoxy) is 1. The number of carbonyl (C=O) groups excluding carboxylic acids is 2. The molecule has 2 heterocycles. The smallest absolute Gasteiger partial charge is 0.379 e. The second-order valence-corrected chi connectivity index (χ2v) is 7.82. The van der Waals surface area contributed by atoms with Crippen LogP contribution >= 0.6 is 0 Å². The molecule has 160 valence electrons. The number of piperazine rings is 1. The molecule has 0 N–H and O–H groups in total. The zero-order chi connectivity index (χ0) is 22.0. The first kappa shape index (κ1) is 20.8. The van der Waals surface area contributed by atoms with Crippen LogP contribution in [0.3, 0.4) is 0 Å². The van der Waals surface area contributed by atoms with Gasteiger partial charge in [0, 0.05) is 43.2 Å². The van der Waals surface area contributed by atoms with Crippen LogP contribution in [0.2, 0.25) is 0 Å². The third kappa shape index (κ3) is 4.51. The van der Waals surface area contributed by atoms with Gasteiger partial charge in [-0.2, -0.15) is 0 Å². The molecule has 1 amide bonds. The molecule has 7 heteroatoms. The van der Waals surface area contributed by atoms with Crippen molar-refractivity contribution >= 4 is 22.8 Å². The molecule has 1 saturated heterocycles. The maximum Gasteiger partial charge on any atom is 0.379 e. The normalized spacial score (nSPS) is 14.7. The highest BCUT2D eigenvalue weighted by molar-refractivity contribution is 5.96. The summed E-state index contributed by atoms with van der Waals surface area (Å²) in [5.41, 5.74) is 0.456. The number of esters is 1. The van der Waals surface area contributed by atoms with Crippen LogP contribution < -0.4 is 10.4 Å². The van der Waals surface area contributed by atoms with Gasteiger partial charge in [-0.1, -0.05) is 18.2 Å². The number of fused-ring (bicyclic) bond motifs is 1. The molecule has 1 aliphatic rings. The highest BCUT2D eigenvalue weighted by Gasteiger charge is 2.23. The highest BCUT2D eigenvalue weighted by Crippen LogP contribution is 2.18. The standard InChI is InChI=1S/C24H24N2O5/c1-16(2)25-11-13-26(14-12-25)22(27)17-7-9-18(10-8-17)23(28)31-21-15-19-5-3-4-6-20(19)30-24(21)29/h3-10,15-16H,11-14H2,1-2H3. The molecule has 0 spiro atoms. The lowest BCUT2D eigenvalue weighted by atomic mass is 10.1. The number of para-hydroxylation sites is 1. The summed E-state index contributed by atoms with van der Waals surface area (Å²) in [4.78, 5) is 41.5. The van der Waals surface area contributed by atoms with Crippen LogP contribution in [0.5, 0.6) is 5.75 Å². The Morgan fingerprint density at radius 2 is 1.58 bits per heavy atom. The van der Waals surface area contributed by atoms with Crippen molar-refractivity contribution in [2.24, 2.45) is 0 Å². The lowest BCUT2D eigenvalue weighted by molar-refractivity contribution is 0.0594. The summed E-state index contributed by atoms with van der Waals surface area (Å²) in [6, 6.07) is 15.2. The summed E-state index contributed by atoms with van der Waals surface area (Å²) in [7, 11) is 0. The van der Waals surface area contributed by atoms with Crippen LogP contribution in [0, 0.1) is 0 Å². The molecule has 1 fully saturated rings. The van der Waals surface area contributed by atoms with E-state index in [-0.39, 0.29) is 17.2 Å². The van der Waals surface area contributed by atoms with Crippen molar-refractivity contribution in [3.63, 3.8) is 0 Å². The van der Waals surface area contributed by atoms with Crippen molar-refractivity contribution in [1.29, 1.82) is 0 Å². The van der Waals surface area contributed by atoms with Gasteiger partial charge in [0.25, 0.3) is 5.91 Å². The number of amides is 1. The summed E-state index contributed by atoms with van der Waals surface area (Å²) in [6.45, 7) is 7.36. The quantitative estimate of drug-likeness (QED) is 0.476. The first-order valence-corrected chi connectivity index (χ1v) is 10.3. The molecule has 0 saturated carbocycles. The highest BCUT2D eigenvalue weighted by atomic mass is 16.5. The maximum absolute atomic E-state index is 12.8. The van der Waals surface area contributed by atoms with Crippen LogP contribution in [-0.2, 0) is 0 Å². The zero-order valence-electron chi connectivity index (χ0n) is 17.5. The van der Waals surface area contributed by atoms with Crippen LogP contribution in [0.1, 0.15) is 34.6 Å². The molecule has 3 aromatic rings. The van der Waals surface area contributed by atoms with Crippen LogP contribution in [0.15, 0.2) is 63.8 Å². The second kappa shape index (κ2) is 8.73. The minimum Gasteiger partial charge on any atom is -0.420 e. The molecule has 0 radical (unpaired) electrons. The van der Waals surface area contributed by atoms with E-state index in [1.807, 2.05) is 4.90 Å². The molecular weight excluding hydrogens is 396 g/mol. The number of carbonyl (C=O) groups is 2. The van der Waals surface area contributed by atoms with Gasteiger partial charge in [0.1, 0.15) is 5.58 Å². The van der Waals surface area contributed by atoms with Gasteiger partial charge in [-0.3, -0.25) is 9.69 Å².